The second-order valence-electron chi connectivity index (χ2n) is 13.9. The van der Waals surface area contributed by atoms with Crippen molar-refractivity contribution in [2.75, 3.05) is 20.1 Å². The van der Waals surface area contributed by atoms with Crippen LogP contribution in [0.1, 0.15) is 79.3 Å². The molecule has 4 aromatic rings. The highest BCUT2D eigenvalue weighted by atomic mass is 19.4. The molecule has 0 bridgehead atoms. The van der Waals surface area contributed by atoms with E-state index in [4.69, 9.17) is 14.0 Å². The average Bonchev–Trinajstić information content (AvgIpc) is 3.16. The fourth-order valence-electron chi connectivity index (χ4n) is 6.17. The van der Waals surface area contributed by atoms with E-state index in [1.165, 1.54) is 12.1 Å². The number of hydrogen-bond donors (Lipinski definition) is 0. The van der Waals surface area contributed by atoms with Crippen LogP contribution in [0, 0.1) is 6.07 Å². The summed E-state index contributed by atoms with van der Waals surface area (Å²) in [6.45, 7) is 10.5. The average molecular weight is 862 g/mol. The van der Waals surface area contributed by atoms with E-state index < -0.39 is 60.3 Å². The summed E-state index contributed by atoms with van der Waals surface area (Å²) in [6.07, 6.45) is -10.0. The van der Waals surface area contributed by atoms with Crippen LogP contribution in [0.4, 0.5) is 52.7 Å². The van der Waals surface area contributed by atoms with Crippen LogP contribution in [0.3, 0.4) is 0 Å². The lowest BCUT2D eigenvalue weighted by atomic mass is 9.93. The molecule has 0 aromatic heterocycles. The van der Waals surface area contributed by atoms with Crippen molar-refractivity contribution in [2.45, 2.75) is 76.2 Å². The van der Waals surface area contributed by atoms with Crippen molar-refractivity contribution < 1.29 is 71.1 Å². The van der Waals surface area contributed by atoms with Gasteiger partial charge in [0.2, 0.25) is 0 Å². The van der Waals surface area contributed by atoms with Crippen molar-refractivity contribution >= 4 is 7.32 Å². The van der Waals surface area contributed by atoms with Gasteiger partial charge in [-0.3, -0.25) is 0 Å². The second kappa shape index (κ2) is 21.5. The van der Waals surface area contributed by atoms with E-state index in [1.54, 1.807) is 12.2 Å². The fourth-order valence-corrected chi connectivity index (χ4v) is 6.17. The summed E-state index contributed by atoms with van der Waals surface area (Å²) >= 11 is 0. The van der Waals surface area contributed by atoms with Crippen LogP contribution >= 0.6 is 0 Å². The maximum Gasteiger partial charge on any atom is 0.864 e. The normalized spacial score (nSPS) is 12.8. The highest BCUT2D eigenvalue weighted by Crippen LogP contribution is 2.42. The standard InChI is InChI=1S/C36H40BF9NO3.C7H4F3/c1-5-8-9-10-11-12-32(47(4,23-6-2)24-7-3)31-25-28(36(44,45)46)17-22-33(31)50-37(48-29-18-13-26(14-19-29)34(38,39)40)49-30-20-15-27(16-21-30)35(41,42)43;8-7(9,10)6-4-2-1-3-5-6/h6-7,13-22,25,32H,2-3,5,8-12,23-24H2,1,4H3;2-5H/q+1;-1. The molecule has 4 aromatic carbocycles. The molecule has 0 radical (unpaired) electrons. The summed E-state index contributed by atoms with van der Waals surface area (Å²) in [5.74, 6) is -0.428. The first-order chi connectivity index (χ1) is 28.0. The number of nitrogens with zero attached hydrogens (tertiary/aromatic N) is 1. The van der Waals surface area contributed by atoms with Crippen molar-refractivity contribution in [1.82, 2.24) is 0 Å². The summed E-state index contributed by atoms with van der Waals surface area (Å²) in [7, 11) is 0.000612. The molecule has 0 saturated heterocycles. The molecular formula is C43H44BF12NO3. The Morgan fingerprint density at radius 1 is 0.583 bits per heavy atom. The monoisotopic (exact) mass is 861 g/mol. The van der Waals surface area contributed by atoms with Crippen molar-refractivity contribution in [3.8, 4) is 17.2 Å². The van der Waals surface area contributed by atoms with Gasteiger partial charge in [-0.1, -0.05) is 51.3 Å². The molecule has 326 valence electrons. The molecule has 0 aliphatic carbocycles. The molecule has 60 heavy (non-hydrogen) atoms. The number of unbranched alkanes of at least 4 members (excludes halogenated alkanes) is 4. The summed E-state index contributed by atoms with van der Waals surface area (Å²) in [5, 5.41) is 0. The SMILES string of the molecule is C=CC[N+](C)(CC=C)C(CCCCCCC)c1cc(C(F)(F)F)ccc1OB(Oc1ccc(C(F)(F)F)cc1)Oc1ccc(C(F)(F)F)cc1.FC(F)(F)c1cc[c-]cc1. The molecule has 0 N–H and O–H groups in total. The lowest BCUT2D eigenvalue weighted by Crippen LogP contribution is -2.48. The van der Waals surface area contributed by atoms with E-state index in [9.17, 15) is 52.7 Å². The van der Waals surface area contributed by atoms with Gasteiger partial charge in [-0.05, 0) is 85.3 Å². The lowest BCUT2D eigenvalue weighted by Gasteiger charge is -2.41. The Morgan fingerprint density at radius 2 is 1.00 bits per heavy atom. The van der Waals surface area contributed by atoms with E-state index in [-0.39, 0.29) is 27.3 Å². The minimum atomic E-state index is -4.72. The van der Waals surface area contributed by atoms with E-state index >= 15 is 0 Å². The quantitative estimate of drug-likeness (QED) is 0.0249. The zero-order valence-electron chi connectivity index (χ0n) is 32.7. The van der Waals surface area contributed by atoms with Crippen LogP contribution in [-0.4, -0.2) is 31.9 Å². The molecule has 1 unspecified atom stereocenters. The van der Waals surface area contributed by atoms with Crippen LogP contribution in [0.15, 0.2) is 116 Å². The molecule has 4 rings (SSSR count). The molecular weight excluding hydrogens is 817 g/mol. The summed E-state index contributed by atoms with van der Waals surface area (Å²) in [5.41, 5.74) is -3.37. The molecule has 4 nitrogen and oxygen atoms in total. The first-order valence-electron chi connectivity index (χ1n) is 18.7. The van der Waals surface area contributed by atoms with Crippen LogP contribution in [-0.2, 0) is 24.7 Å². The minimum absolute atomic E-state index is 0.0853. The molecule has 0 spiro atoms. The van der Waals surface area contributed by atoms with E-state index in [0.717, 1.165) is 105 Å². The van der Waals surface area contributed by atoms with Crippen LogP contribution < -0.4 is 14.0 Å². The second-order valence-corrected chi connectivity index (χ2v) is 13.9. The van der Waals surface area contributed by atoms with Gasteiger partial charge in [0.25, 0.3) is 0 Å². The van der Waals surface area contributed by atoms with Crippen molar-refractivity contribution in [2.24, 2.45) is 0 Å². The molecule has 0 saturated carbocycles. The first kappa shape index (κ1) is 49.3. The summed E-state index contributed by atoms with van der Waals surface area (Å²) in [4.78, 5) is 0. The van der Waals surface area contributed by atoms with Crippen molar-refractivity contribution in [3.05, 3.63) is 150 Å². The van der Waals surface area contributed by atoms with Gasteiger partial charge >= 0.3 is 32.0 Å². The third kappa shape index (κ3) is 15.2. The van der Waals surface area contributed by atoms with Gasteiger partial charge in [0, 0.05) is 6.42 Å². The van der Waals surface area contributed by atoms with Crippen LogP contribution in [0.2, 0.25) is 0 Å². The zero-order valence-corrected chi connectivity index (χ0v) is 32.7. The van der Waals surface area contributed by atoms with Crippen LogP contribution in [0.25, 0.3) is 0 Å². The maximum absolute atomic E-state index is 14.1. The molecule has 0 amide bonds. The molecule has 0 fully saturated rings. The highest BCUT2D eigenvalue weighted by molar-refractivity contribution is 6.39. The highest BCUT2D eigenvalue weighted by Gasteiger charge is 2.40. The lowest BCUT2D eigenvalue weighted by molar-refractivity contribution is -0.929. The smallest absolute Gasteiger partial charge is 0.490 e. The third-order valence-corrected chi connectivity index (χ3v) is 9.22. The zero-order chi connectivity index (χ0) is 44.8. The van der Waals surface area contributed by atoms with Gasteiger partial charge in [0.1, 0.15) is 23.3 Å². The van der Waals surface area contributed by atoms with E-state index in [1.807, 2.05) is 7.05 Å². The number of quaternary nitrogens is 1. The number of alkyl halides is 12. The number of rotatable bonds is 18. The van der Waals surface area contributed by atoms with Crippen LogP contribution in [0.5, 0.6) is 17.2 Å². The summed E-state index contributed by atoms with van der Waals surface area (Å²) < 4.78 is 175. The fraction of sp³-hybridized carbons (Fsp3) is 0.349. The Balaban J connectivity index is 0.000000837. The van der Waals surface area contributed by atoms with Crippen molar-refractivity contribution in [3.63, 3.8) is 0 Å². The molecule has 17 heteroatoms. The first-order valence-corrected chi connectivity index (χ1v) is 18.7. The van der Waals surface area contributed by atoms with Gasteiger partial charge in [-0.25, -0.2) is 0 Å². The van der Waals surface area contributed by atoms with E-state index in [0.29, 0.717) is 25.9 Å². The largest absolute Gasteiger partial charge is 0.864 e. The Bertz CT molecular complexity index is 1840. The Kier molecular flexibility index (Phi) is 17.6. The Hall–Kier alpha value is -5.06. The predicted molar refractivity (Wildman–Crippen MR) is 205 cm³/mol. The van der Waals surface area contributed by atoms with Gasteiger partial charge in [-0.2, -0.15) is 83.0 Å². The van der Waals surface area contributed by atoms with E-state index in [2.05, 4.69) is 26.1 Å². The van der Waals surface area contributed by atoms with Gasteiger partial charge in [0.05, 0.1) is 42.4 Å². The Morgan fingerprint density at radius 3 is 1.40 bits per heavy atom. The number of likely N-dealkylation sites (N-methyl/N-ethyl adjacent to an activating group) is 1. The number of hydrogen-bond acceptors (Lipinski definition) is 3. The minimum Gasteiger partial charge on any atom is -0.490 e. The molecule has 0 aliphatic heterocycles. The number of halogens is 12. The van der Waals surface area contributed by atoms with Gasteiger partial charge < -0.3 is 18.4 Å². The van der Waals surface area contributed by atoms with Gasteiger partial charge in [0.15, 0.2) is 0 Å². The predicted octanol–water partition coefficient (Wildman–Crippen LogP) is 14.0. The third-order valence-electron chi connectivity index (χ3n) is 9.22. The summed E-state index contributed by atoms with van der Waals surface area (Å²) in [6, 6.07) is 16.2. The molecule has 0 aliphatic rings. The topological polar surface area (TPSA) is 27.7 Å². The van der Waals surface area contributed by atoms with Gasteiger partial charge in [-0.15, -0.1) is 0 Å². The van der Waals surface area contributed by atoms with Crippen molar-refractivity contribution in [1.29, 1.82) is 0 Å². The maximum atomic E-state index is 14.1. The molecule has 0 heterocycles. The molecule has 1 atom stereocenters. The number of benzene rings is 4. The Labute approximate surface area is 341 Å².